The van der Waals surface area contributed by atoms with E-state index in [2.05, 4.69) is 10.1 Å². The van der Waals surface area contributed by atoms with E-state index in [4.69, 9.17) is 4.74 Å². The largest absolute Gasteiger partial charge is 0.462 e. The van der Waals surface area contributed by atoms with Crippen LogP contribution in [0.4, 0.5) is 0 Å². The van der Waals surface area contributed by atoms with Crippen LogP contribution in [-0.2, 0) is 4.74 Å². The highest BCUT2D eigenvalue weighted by molar-refractivity contribution is 7.16. The predicted molar refractivity (Wildman–Crippen MR) is 59.9 cm³/mol. The number of nitrogens with zero attached hydrogens (tertiary/aromatic N) is 3. The first-order valence-corrected chi connectivity index (χ1v) is 5.68. The molecular formula is C10H11N3O2S. The molecule has 2 aromatic heterocycles. The topological polar surface area (TPSA) is 57.0 Å². The highest BCUT2D eigenvalue weighted by Crippen LogP contribution is 2.21. The number of aromatic nitrogens is 3. The first kappa shape index (κ1) is 10.8. The van der Waals surface area contributed by atoms with Crippen LogP contribution >= 0.6 is 11.3 Å². The van der Waals surface area contributed by atoms with E-state index >= 15 is 0 Å². The third-order valence-corrected chi connectivity index (χ3v) is 3.07. The van der Waals surface area contributed by atoms with Gasteiger partial charge in [-0.15, -0.1) is 0 Å². The predicted octanol–water partition coefficient (Wildman–Crippen LogP) is 1.81. The van der Waals surface area contributed by atoms with Gasteiger partial charge in [0.1, 0.15) is 4.88 Å². The minimum atomic E-state index is -0.323. The highest BCUT2D eigenvalue weighted by atomic mass is 32.1. The van der Waals surface area contributed by atoms with Gasteiger partial charge in [-0.25, -0.2) is 14.5 Å². The van der Waals surface area contributed by atoms with E-state index in [9.17, 15) is 4.79 Å². The molecule has 5 nitrogen and oxygen atoms in total. The van der Waals surface area contributed by atoms with Crippen LogP contribution in [0.25, 0.3) is 5.13 Å². The standard InChI is InChI=1S/C10H11N3O2S/c1-3-15-9(14)8-7(2)12-10(16-8)13-6-4-5-11-13/h4-6H,3H2,1-2H3. The lowest BCUT2D eigenvalue weighted by atomic mass is 10.4. The van der Waals surface area contributed by atoms with Crippen LogP contribution in [0.2, 0.25) is 0 Å². The van der Waals surface area contributed by atoms with Gasteiger partial charge in [-0.1, -0.05) is 11.3 Å². The Morgan fingerprint density at radius 3 is 3.06 bits per heavy atom. The number of hydrogen-bond donors (Lipinski definition) is 0. The van der Waals surface area contributed by atoms with Crippen LogP contribution in [0.1, 0.15) is 22.3 Å². The molecule has 0 aliphatic heterocycles. The number of thiazole rings is 1. The summed E-state index contributed by atoms with van der Waals surface area (Å²) < 4.78 is 6.57. The molecule has 2 aromatic rings. The summed E-state index contributed by atoms with van der Waals surface area (Å²) in [5.74, 6) is -0.323. The van der Waals surface area contributed by atoms with Crippen molar-refractivity contribution in [3.05, 3.63) is 29.0 Å². The number of aryl methyl sites for hydroxylation is 1. The van der Waals surface area contributed by atoms with E-state index < -0.39 is 0 Å². The molecule has 0 unspecified atom stereocenters. The van der Waals surface area contributed by atoms with Gasteiger partial charge in [0.25, 0.3) is 0 Å². The van der Waals surface area contributed by atoms with Gasteiger partial charge in [-0.3, -0.25) is 0 Å². The SMILES string of the molecule is CCOC(=O)c1sc(-n2cccn2)nc1C. The van der Waals surface area contributed by atoms with Gasteiger partial charge in [0.2, 0.25) is 5.13 Å². The fourth-order valence-electron chi connectivity index (χ4n) is 1.25. The van der Waals surface area contributed by atoms with Crippen molar-refractivity contribution in [1.29, 1.82) is 0 Å². The summed E-state index contributed by atoms with van der Waals surface area (Å²) in [6.45, 7) is 3.94. The molecule has 0 spiro atoms. The number of hydrogen-bond acceptors (Lipinski definition) is 5. The van der Waals surface area contributed by atoms with Crippen molar-refractivity contribution in [3.63, 3.8) is 0 Å². The zero-order valence-electron chi connectivity index (χ0n) is 9.01. The average molecular weight is 237 g/mol. The minimum absolute atomic E-state index is 0.323. The Morgan fingerprint density at radius 2 is 2.44 bits per heavy atom. The van der Waals surface area contributed by atoms with Gasteiger partial charge in [0.15, 0.2) is 0 Å². The third kappa shape index (κ3) is 1.96. The molecule has 0 saturated heterocycles. The molecule has 16 heavy (non-hydrogen) atoms. The lowest BCUT2D eigenvalue weighted by Crippen LogP contribution is -2.03. The fraction of sp³-hybridized carbons (Fsp3) is 0.300. The molecule has 0 radical (unpaired) electrons. The van der Waals surface area contributed by atoms with Gasteiger partial charge in [-0.05, 0) is 19.9 Å². The molecule has 2 heterocycles. The van der Waals surface area contributed by atoms with E-state index in [1.165, 1.54) is 11.3 Å². The molecule has 0 amide bonds. The Balaban J connectivity index is 2.32. The maximum Gasteiger partial charge on any atom is 0.350 e. The van der Waals surface area contributed by atoms with E-state index in [0.29, 0.717) is 22.3 Å². The van der Waals surface area contributed by atoms with Crippen molar-refractivity contribution in [1.82, 2.24) is 14.8 Å². The molecule has 0 N–H and O–H groups in total. The van der Waals surface area contributed by atoms with Gasteiger partial charge < -0.3 is 4.74 Å². The molecule has 0 atom stereocenters. The summed E-state index contributed by atoms with van der Waals surface area (Å²) in [6, 6.07) is 1.81. The van der Waals surface area contributed by atoms with Crippen LogP contribution in [0.3, 0.4) is 0 Å². The van der Waals surface area contributed by atoms with Crippen molar-refractivity contribution < 1.29 is 9.53 Å². The maximum atomic E-state index is 11.6. The van der Waals surface area contributed by atoms with Crippen molar-refractivity contribution in [2.24, 2.45) is 0 Å². The minimum Gasteiger partial charge on any atom is -0.462 e. The first-order chi connectivity index (χ1) is 7.72. The summed E-state index contributed by atoms with van der Waals surface area (Å²) in [7, 11) is 0. The summed E-state index contributed by atoms with van der Waals surface area (Å²) in [4.78, 5) is 16.4. The van der Waals surface area contributed by atoms with Crippen LogP contribution in [0, 0.1) is 6.92 Å². The Morgan fingerprint density at radius 1 is 1.62 bits per heavy atom. The molecule has 6 heteroatoms. The van der Waals surface area contributed by atoms with Crippen molar-refractivity contribution in [2.45, 2.75) is 13.8 Å². The molecule has 84 valence electrons. The zero-order chi connectivity index (χ0) is 11.5. The molecule has 0 bridgehead atoms. The summed E-state index contributed by atoms with van der Waals surface area (Å²) in [5, 5.41) is 4.73. The van der Waals surface area contributed by atoms with Crippen molar-refractivity contribution in [2.75, 3.05) is 6.61 Å². The average Bonchev–Trinajstić information content (AvgIpc) is 2.86. The summed E-state index contributed by atoms with van der Waals surface area (Å²) in [6.07, 6.45) is 3.45. The highest BCUT2D eigenvalue weighted by Gasteiger charge is 2.16. The van der Waals surface area contributed by atoms with E-state index in [1.807, 2.05) is 0 Å². The quantitative estimate of drug-likeness (QED) is 0.764. The molecule has 2 rings (SSSR count). The van der Waals surface area contributed by atoms with Crippen LogP contribution < -0.4 is 0 Å². The van der Waals surface area contributed by atoms with E-state index in [-0.39, 0.29) is 5.97 Å². The monoisotopic (exact) mass is 237 g/mol. The van der Waals surface area contributed by atoms with Gasteiger partial charge in [0, 0.05) is 12.4 Å². The van der Waals surface area contributed by atoms with Crippen LogP contribution in [0.5, 0.6) is 0 Å². The van der Waals surface area contributed by atoms with Crippen LogP contribution in [0.15, 0.2) is 18.5 Å². The molecular weight excluding hydrogens is 226 g/mol. The number of carbonyl (C=O) groups is 1. The second kappa shape index (κ2) is 4.44. The Bertz CT molecular complexity index is 490. The Hall–Kier alpha value is -1.69. The second-order valence-corrected chi connectivity index (χ2v) is 4.06. The Labute approximate surface area is 96.7 Å². The third-order valence-electron chi connectivity index (χ3n) is 1.95. The van der Waals surface area contributed by atoms with Crippen molar-refractivity contribution in [3.8, 4) is 5.13 Å². The van der Waals surface area contributed by atoms with E-state index in [0.717, 1.165) is 0 Å². The lowest BCUT2D eigenvalue weighted by Gasteiger charge is -1.97. The smallest absolute Gasteiger partial charge is 0.350 e. The lowest BCUT2D eigenvalue weighted by molar-refractivity contribution is 0.0531. The van der Waals surface area contributed by atoms with E-state index in [1.54, 1.807) is 37.0 Å². The van der Waals surface area contributed by atoms with Crippen LogP contribution in [-0.4, -0.2) is 27.3 Å². The molecule has 0 aliphatic rings. The first-order valence-electron chi connectivity index (χ1n) is 4.87. The molecule has 0 fully saturated rings. The summed E-state index contributed by atoms with van der Waals surface area (Å²) >= 11 is 1.28. The van der Waals surface area contributed by atoms with Gasteiger partial charge in [0.05, 0.1) is 12.3 Å². The normalized spacial score (nSPS) is 10.4. The molecule has 0 aliphatic carbocycles. The number of rotatable bonds is 3. The van der Waals surface area contributed by atoms with Crippen molar-refractivity contribution >= 4 is 17.3 Å². The number of ether oxygens (including phenoxy) is 1. The van der Waals surface area contributed by atoms with Gasteiger partial charge in [-0.2, -0.15) is 5.10 Å². The van der Waals surface area contributed by atoms with Gasteiger partial charge >= 0.3 is 5.97 Å². The second-order valence-electron chi connectivity index (χ2n) is 3.08. The molecule has 0 aromatic carbocycles. The zero-order valence-corrected chi connectivity index (χ0v) is 9.82. The molecule has 0 saturated carbocycles. The number of carbonyl (C=O) groups excluding carboxylic acids is 1. The number of esters is 1. The summed E-state index contributed by atoms with van der Waals surface area (Å²) in [5.41, 5.74) is 0.675. The fourth-order valence-corrected chi connectivity index (χ4v) is 2.15. The maximum absolute atomic E-state index is 11.6. The Kier molecular flexibility index (Phi) is 3.00.